The number of halogens is 1. The molecule has 168 valence electrons. The second kappa shape index (κ2) is 10.2. The lowest BCUT2D eigenvalue weighted by molar-refractivity contribution is -0.122. The second-order valence-electron chi connectivity index (χ2n) is 7.56. The highest BCUT2D eigenvalue weighted by Crippen LogP contribution is 2.35. The van der Waals surface area contributed by atoms with Gasteiger partial charge in [0.1, 0.15) is 11.6 Å². The summed E-state index contributed by atoms with van der Waals surface area (Å²) >= 11 is 1.28. The van der Waals surface area contributed by atoms with E-state index in [9.17, 15) is 9.18 Å². The predicted octanol–water partition coefficient (Wildman–Crippen LogP) is 4.68. The fourth-order valence-electron chi connectivity index (χ4n) is 3.72. The third-order valence-corrected chi connectivity index (χ3v) is 6.43. The molecule has 0 bridgehead atoms. The molecule has 2 aromatic carbocycles. The molecule has 0 N–H and O–H groups in total. The first kappa shape index (κ1) is 22.4. The van der Waals surface area contributed by atoms with Crippen molar-refractivity contribution in [2.45, 2.75) is 12.8 Å². The zero-order valence-electron chi connectivity index (χ0n) is 18.2. The van der Waals surface area contributed by atoms with Gasteiger partial charge in [-0.05, 0) is 72.6 Å². The summed E-state index contributed by atoms with van der Waals surface area (Å²) in [5, 5.41) is 0.567. The van der Waals surface area contributed by atoms with Crippen LogP contribution in [-0.2, 0) is 9.53 Å². The van der Waals surface area contributed by atoms with E-state index in [1.54, 1.807) is 31.3 Å². The zero-order valence-corrected chi connectivity index (χ0v) is 19.0. The Kier molecular flexibility index (Phi) is 7.12. The number of aliphatic imine (C=N–C) groups is 1. The number of nitrogens with zero attached hydrogens (tertiary/aromatic N) is 3. The van der Waals surface area contributed by atoms with Crippen LogP contribution in [-0.4, -0.2) is 56.4 Å². The Bertz CT molecular complexity index is 1030. The number of hydrogen-bond acceptors (Lipinski definition) is 6. The molecule has 0 aliphatic carbocycles. The normalized spacial score (nSPS) is 18.9. The Morgan fingerprint density at radius 1 is 1.12 bits per heavy atom. The van der Waals surface area contributed by atoms with Crippen LogP contribution in [0.15, 0.2) is 52.4 Å². The number of rotatable bonds is 7. The molecule has 0 spiro atoms. The lowest BCUT2D eigenvalue weighted by atomic mass is 10.1. The van der Waals surface area contributed by atoms with Crippen LogP contribution in [0.25, 0.3) is 6.08 Å². The van der Waals surface area contributed by atoms with Gasteiger partial charge in [0.2, 0.25) is 0 Å². The zero-order chi connectivity index (χ0) is 22.5. The molecule has 6 nitrogen and oxygen atoms in total. The number of amidine groups is 1. The summed E-state index contributed by atoms with van der Waals surface area (Å²) in [7, 11) is 3.20. The topological polar surface area (TPSA) is 54.4 Å². The monoisotopic (exact) mass is 455 g/mol. The van der Waals surface area contributed by atoms with Gasteiger partial charge in [0.15, 0.2) is 5.17 Å². The second-order valence-corrected chi connectivity index (χ2v) is 8.57. The molecule has 2 aromatic rings. The van der Waals surface area contributed by atoms with E-state index in [0.717, 1.165) is 31.7 Å². The summed E-state index contributed by atoms with van der Waals surface area (Å²) < 4.78 is 25.1. The molecular formula is C24H26FN3O3S. The number of anilines is 1. The Labute approximate surface area is 191 Å². The van der Waals surface area contributed by atoms with Gasteiger partial charge >= 0.3 is 0 Å². The van der Waals surface area contributed by atoms with Gasteiger partial charge in [0.25, 0.3) is 5.91 Å². The average molecular weight is 456 g/mol. The van der Waals surface area contributed by atoms with Gasteiger partial charge in [-0.1, -0.05) is 6.07 Å². The van der Waals surface area contributed by atoms with Gasteiger partial charge in [-0.3, -0.25) is 9.69 Å². The van der Waals surface area contributed by atoms with Crippen LogP contribution in [0.1, 0.15) is 18.4 Å². The van der Waals surface area contributed by atoms with Crippen LogP contribution >= 0.6 is 11.8 Å². The maximum Gasteiger partial charge on any atom is 0.266 e. The van der Waals surface area contributed by atoms with Crippen molar-refractivity contribution in [3.63, 3.8) is 0 Å². The van der Waals surface area contributed by atoms with E-state index in [0.29, 0.717) is 40.2 Å². The van der Waals surface area contributed by atoms with Crippen LogP contribution in [0.2, 0.25) is 0 Å². The summed E-state index contributed by atoms with van der Waals surface area (Å²) in [5.74, 6) is 0.309. The van der Waals surface area contributed by atoms with Crippen molar-refractivity contribution in [1.82, 2.24) is 4.90 Å². The van der Waals surface area contributed by atoms with Crippen LogP contribution in [0.5, 0.6) is 5.75 Å². The first-order valence-electron chi connectivity index (χ1n) is 10.6. The van der Waals surface area contributed by atoms with E-state index in [1.807, 2.05) is 30.3 Å². The maximum atomic E-state index is 14.7. The minimum Gasteiger partial charge on any atom is -0.497 e. The smallest absolute Gasteiger partial charge is 0.266 e. The maximum absolute atomic E-state index is 14.7. The minimum absolute atomic E-state index is 0.164. The van der Waals surface area contributed by atoms with Crippen molar-refractivity contribution in [3.05, 3.63) is 58.8 Å². The average Bonchev–Trinajstić information content (AvgIpc) is 3.42. The quantitative estimate of drug-likeness (QED) is 0.567. The fraction of sp³-hybridized carbons (Fsp3) is 0.333. The van der Waals surface area contributed by atoms with Gasteiger partial charge in [-0.15, -0.1) is 0 Å². The molecule has 2 heterocycles. The molecule has 0 radical (unpaired) electrons. The number of carbonyl (C=O) groups excluding carboxylic acids is 1. The van der Waals surface area contributed by atoms with E-state index in [1.165, 1.54) is 17.8 Å². The van der Waals surface area contributed by atoms with Gasteiger partial charge < -0.3 is 14.4 Å². The van der Waals surface area contributed by atoms with Crippen molar-refractivity contribution >= 4 is 40.3 Å². The largest absolute Gasteiger partial charge is 0.497 e. The molecule has 0 saturated carbocycles. The summed E-state index contributed by atoms with van der Waals surface area (Å²) in [4.78, 5) is 21.9. The Morgan fingerprint density at radius 3 is 2.53 bits per heavy atom. The summed E-state index contributed by atoms with van der Waals surface area (Å²) in [6.07, 6.45) is 3.90. The molecule has 4 rings (SSSR count). The SMILES string of the molecule is COCCN1C(=O)/C(=C/c2ccc(N3CCCC3)c(F)c2)SC1=Nc1ccc(OC)cc1. The highest BCUT2D eigenvalue weighted by Gasteiger charge is 2.33. The Morgan fingerprint density at radius 2 is 1.88 bits per heavy atom. The minimum atomic E-state index is -0.264. The van der Waals surface area contributed by atoms with E-state index in [2.05, 4.69) is 9.89 Å². The molecule has 2 aliphatic rings. The third kappa shape index (κ3) is 4.97. The van der Waals surface area contributed by atoms with Gasteiger partial charge in [0, 0.05) is 20.2 Å². The molecule has 0 unspecified atom stereocenters. The number of thioether (sulfide) groups is 1. The predicted molar refractivity (Wildman–Crippen MR) is 127 cm³/mol. The number of methoxy groups -OCH3 is 2. The van der Waals surface area contributed by atoms with Crippen LogP contribution in [0.4, 0.5) is 15.8 Å². The standard InChI is InChI=1S/C24H26FN3O3S/c1-30-14-13-28-23(29)22(32-24(28)26-18-6-8-19(31-2)9-7-18)16-17-5-10-21(20(25)15-17)27-11-3-4-12-27/h5-10,15-16H,3-4,11-14H2,1-2H3/b22-16-,26-24?. The molecule has 0 aromatic heterocycles. The highest BCUT2D eigenvalue weighted by atomic mass is 32.2. The van der Waals surface area contributed by atoms with E-state index < -0.39 is 0 Å². The van der Waals surface area contributed by atoms with E-state index >= 15 is 0 Å². The Hall–Kier alpha value is -2.84. The molecule has 2 aliphatic heterocycles. The molecule has 0 atom stereocenters. The van der Waals surface area contributed by atoms with Gasteiger partial charge in [-0.25, -0.2) is 9.38 Å². The highest BCUT2D eigenvalue weighted by molar-refractivity contribution is 8.18. The number of amides is 1. The van der Waals surface area contributed by atoms with Gasteiger partial charge in [0.05, 0.1) is 36.5 Å². The Balaban J connectivity index is 1.59. The third-order valence-electron chi connectivity index (χ3n) is 5.42. The molecule has 2 fully saturated rings. The fourth-order valence-corrected chi connectivity index (χ4v) is 4.74. The number of carbonyl (C=O) groups is 1. The van der Waals surface area contributed by atoms with E-state index in [-0.39, 0.29) is 11.7 Å². The van der Waals surface area contributed by atoms with Crippen molar-refractivity contribution < 1.29 is 18.7 Å². The summed E-state index contributed by atoms with van der Waals surface area (Å²) in [5.41, 5.74) is 1.99. The van der Waals surface area contributed by atoms with Crippen molar-refractivity contribution in [2.24, 2.45) is 4.99 Å². The first-order chi connectivity index (χ1) is 15.6. The molecule has 2 saturated heterocycles. The lowest BCUT2D eigenvalue weighted by Crippen LogP contribution is -2.32. The van der Waals surface area contributed by atoms with Crippen molar-refractivity contribution in [3.8, 4) is 5.75 Å². The van der Waals surface area contributed by atoms with Crippen molar-refractivity contribution in [2.75, 3.05) is 45.4 Å². The molecule has 1 amide bonds. The van der Waals surface area contributed by atoms with E-state index in [4.69, 9.17) is 9.47 Å². The van der Waals surface area contributed by atoms with Crippen LogP contribution < -0.4 is 9.64 Å². The molecular weight excluding hydrogens is 429 g/mol. The lowest BCUT2D eigenvalue weighted by Gasteiger charge is -2.18. The summed E-state index contributed by atoms with van der Waals surface area (Å²) in [6, 6.07) is 12.5. The first-order valence-corrected chi connectivity index (χ1v) is 11.4. The van der Waals surface area contributed by atoms with Crippen LogP contribution in [0, 0.1) is 5.82 Å². The number of benzene rings is 2. The molecule has 32 heavy (non-hydrogen) atoms. The number of hydrogen-bond donors (Lipinski definition) is 0. The van der Waals surface area contributed by atoms with Crippen LogP contribution in [0.3, 0.4) is 0 Å². The van der Waals surface area contributed by atoms with Gasteiger partial charge in [-0.2, -0.15) is 0 Å². The van der Waals surface area contributed by atoms with Crippen molar-refractivity contribution in [1.29, 1.82) is 0 Å². The number of ether oxygens (including phenoxy) is 2. The summed E-state index contributed by atoms with van der Waals surface area (Å²) in [6.45, 7) is 2.54. The molecule has 8 heteroatoms.